The van der Waals surface area contributed by atoms with E-state index in [1.54, 1.807) is 35.8 Å². The molecule has 0 unspecified atom stereocenters. The number of thiophene rings is 2. The van der Waals surface area contributed by atoms with Gasteiger partial charge in [-0.05, 0) is 36.1 Å². The fourth-order valence-electron chi connectivity index (χ4n) is 3.37. The normalized spacial score (nSPS) is 11.0. The van der Waals surface area contributed by atoms with Crippen molar-refractivity contribution in [3.63, 3.8) is 0 Å². The number of fused-ring (bicyclic) bond motifs is 1. The van der Waals surface area contributed by atoms with E-state index in [-0.39, 0.29) is 36.3 Å². The van der Waals surface area contributed by atoms with Crippen molar-refractivity contribution in [2.75, 3.05) is 13.1 Å². The molecule has 1 N–H and O–H groups in total. The van der Waals surface area contributed by atoms with Gasteiger partial charge in [-0.15, -0.1) is 22.7 Å². The van der Waals surface area contributed by atoms with Crippen molar-refractivity contribution in [2.45, 2.75) is 20.0 Å². The average molecular weight is 485 g/mol. The summed E-state index contributed by atoms with van der Waals surface area (Å²) in [5.41, 5.74) is 0.991. The van der Waals surface area contributed by atoms with Gasteiger partial charge in [0.05, 0.1) is 24.8 Å². The first-order chi connectivity index (χ1) is 16.0. The molecule has 0 bridgehead atoms. The van der Waals surface area contributed by atoms with Crippen molar-refractivity contribution in [3.8, 4) is 11.1 Å². The van der Waals surface area contributed by atoms with E-state index in [9.17, 15) is 18.8 Å². The summed E-state index contributed by atoms with van der Waals surface area (Å²) in [5.74, 6) is -0.986. The highest BCUT2D eigenvalue weighted by atomic mass is 32.1. The number of nitrogens with one attached hydrogen (secondary N) is 1. The molecule has 170 valence electrons. The van der Waals surface area contributed by atoms with Crippen molar-refractivity contribution in [1.29, 1.82) is 0 Å². The first-order valence-electron chi connectivity index (χ1n) is 10.3. The Balaban J connectivity index is 1.50. The monoisotopic (exact) mass is 484 g/mol. The molecule has 0 saturated carbocycles. The van der Waals surface area contributed by atoms with Crippen molar-refractivity contribution < 1.29 is 14.0 Å². The van der Waals surface area contributed by atoms with Gasteiger partial charge in [-0.1, -0.05) is 18.2 Å². The number of nitrogens with zero attached hydrogens (tertiary/aromatic N) is 3. The van der Waals surface area contributed by atoms with Gasteiger partial charge in [0.1, 0.15) is 17.2 Å². The van der Waals surface area contributed by atoms with Gasteiger partial charge in [-0.2, -0.15) is 0 Å². The van der Waals surface area contributed by atoms with Crippen LogP contribution in [-0.4, -0.2) is 39.4 Å². The first-order valence-corrected chi connectivity index (χ1v) is 12.0. The van der Waals surface area contributed by atoms with Gasteiger partial charge in [0.2, 0.25) is 11.8 Å². The molecule has 0 aliphatic carbocycles. The highest BCUT2D eigenvalue weighted by molar-refractivity contribution is 7.17. The molecule has 3 heterocycles. The molecule has 0 atom stereocenters. The molecule has 4 rings (SSSR count). The maximum atomic E-state index is 13.3. The largest absolute Gasteiger partial charge is 0.350 e. The first kappa shape index (κ1) is 22.8. The lowest BCUT2D eigenvalue weighted by atomic mass is 10.1. The van der Waals surface area contributed by atoms with Gasteiger partial charge in [0.25, 0.3) is 5.56 Å². The van der Waals surface area contributed by atoms with Crippen LogP contribution in [0.2, 0.25) is 0 Å². The lowest BCUT2D eigenvalue weighted by Gasteiger charge is -2.20. The summed E-state index contributed by atoms with van der Waals surface area (Å²) in [6, 6.07) is 9.71. The van der Waals surface area contributed by atoms with E-state index in [2.05, 4.69) is 10.3 Å². The Labute approximate surface area is 197 Å². The third-order valence-electron chi connectivity index (χ3n) is 5.13. The Bertz CT molecular complexity index is 1330. The predicted octanol–water partition coefficient (Wildman–Crippen LogP) is 3.49. The van der Waals surface area contributed by atoms with Crippen LogP contribution < -0.4 is 10.9 Å². The second-order valence-electron chi connectivity index (χ2n) is 7.28. The third-order valence-corrected chi connectivity index (χ3v) is 6.89. The summed E-state index contributed by atoms with van der Waals surface area (Å²) in [6.07, 6.45) is 1.35. The Hall–Kier alpha value is -3.37. The van der Waals surface area contributed by atoms with Crippen LogP contribution in [0.5, 0.6) is 0 Å². The highest BCUT2D eigenvalue weighted by Gasteiger charge is 2.19. The van der Waals surface area contributed by atoms with Gasteiger partial charge in [0, 0.05) is 22.4 Å². The Morgan fingerprint density at radius 2 is 1.97 bits per heavy atom. The number of hydrogen-bond donors (Lipinski definition) is 1. The molecular weight excluding hydrogens is 463 g/mol. The Kier molecular flexibility index (Phi) is 6.95. The number of benzene rings is 1. The second-order valence-corrected chi connectivity index (χ2v) is 9.17. The number of amides is 2. The second kappa shape index (κ2) is 10.1. The molecule has 0 radical (unpaired) electrons. The SMILES string of the molecule is CCN(CC(=O)NCc1cccs1)C(=O)Cn1cnc2scc(-c3ccc(F)cc3)c2c1=O. The maximum Gasteiger partial charge on any atom is 0.263 e. The van der Waals surface area contributed by atoms with Gasteiger partial charge >= 0.3 is 0 Å². The molecule has 0 aliphatic rings. The molecule has 0 aliphatic heterocycles. The highest BCUT2D eigenvalue weighted by Crippen LogP contribution is 2.30. The number of rotatable bonds is 8. The number of carbonyl (C=O) groups excluding carboxylic acids is 2. The van der Waals surface area contributed by atoms with Gasteiger partial charge in [0.15, 0.2) is 0 Å². The van der Waals surface area contributed by atoms with Gasteiger partial charge in [-0.25, -0.2) is 9.37 Å². The Morgan fingerprint density at radius 1 is 1.18 bits per heavy atom. The molecule has 7 nitrogen and oxygen atoms in total. The van der Waals surface area contributed by atoms with E-state index in [0.29, 0.717) is 34.4 Å². The van der Waals surface area contributed by atoms with Crippen LogP contribution in [0.1, 0.15) is 11.8 Å². The van der Waals surface area contributed by atoms with Crippen molar-refractivity contribution in [2.24, 2.45) is 0 Å². The summed E-state index contributed by atoms with van der Waals surface area (Å²) in [6.45, 7) is 2.19. The van der Waals surface area contributed by atoms with Crippen molar-refractivity contribution in [1.82, 2.24) is 19.8 Å². The number of carbonyl (C=O) groups is 2. The van der Waals surface area contributed by atoms with Crippen molar-refractivity contribution in [3.05, 3.63) is 74.5 Å². The molecule has 4 aromatic rings. The maximum absolute atomic E-state index is 13.3. The zero-order chi connectivity index (χ0) is 23.4. The number of halogens is 1. The zero-order valence-electron chi connectivity index (χ0n) is 17.8. The van der Waals surface area contributed by atoms with E-state index >= 15 is 0 Å². The minimum absolute atomic E-state index is 0.0928. The Morgan fingerprint density at radius 3 is 2.67 bits per heavy atom. The smallest absolute Gasteiger partial charge is 0.263 e. The predicted molar refractivity (Wildman–Crippen MR) is 128 cm³/mol. The number of likely N-dealkylation sites (N-methyl/N-ethyl adjacent to an activating group) is 1. The molecule has 2 amide bonds. The van der Waals surface area contributed by atoms with Crippen LogP contribution in [0, 0.1) is 5.82 Å². The molecular formula is C23H21FN4O3S2. The topological polar surface area (TPSA) is 84.3 Å². The lowest BCUT2D eigenvalue weighted by Crippen LogP contribution is -2.42. The van der Waals surface area contributed by atoms with Crippen LogP contribution in [0.4, 0.5) is 4.39 Å². The quantitative estimate of drug-likeness (QED) is 0.415. The fraction of sp³-hybridized carbons (Fsp3) is 0.217. The summed E-state index contributed by atoms with van der Waals surface area (Å²) in [5, 5.41) is 6.92. The minimum atomic E-state index is -0.362. The third kappa shape index (κ3) is 5.18. The van der Waals surface area contributed by atoms with Gasteiger partial charge in [-0.3, -0.25) is 19.0 Å². The molecule has 0 spiro atoms. The van der Waals surface area contributed by atoms with Crippen LogP contribution >= 0.6 is 22.7 Å². The van der Waals surface area contributed by atoms with Crippen LogP contribution in [-0.2, 0) is 22.7 Å². The zero-order valence-corrected chi connectivity index (χ0v) is 19.4. The van der Waals surface area contributed by atoms with E-state index in [1.807, 2.05) is 17.5 Å². The lowest BCUT2D eigenvalue weighted by molar-refractivity contribution is -0.136. The van der Waals surface area contributed by atoms with Crippen LogP contribution in [0.15, 0.2) is 58.3 Å². The fourth-order valence-corrected chi connectivity index (χ4v) is 4.92. The minimum Gasteiger partial charge on any atom is -0.350 e. The van der Waals surface area contributed by atoms with Gasteiger partial charge < -0.3 is 10.2 Å². The van der Waals surface area contributed by atoms with Crippen LogP contribution in [0.3, 0.4) is 0 Å². The summed E-state index contributed by atoms with van der Waals surface area (Å²) in [7, 11) is 0. The molecule has 0 fully saturated rings. The summed E-state index contributed by atoms with van der Waals surface area (Å²) >= 11 is 2.86. The van der Waals surface area contributed by atoms with E-state index in [4.69, 9.17) is 0 Å². The van der Waals surface area contributed by atoms with Crippen LogP contribution in [0.25, 0.3) is 21.3 Å². The van der Waals surface area contributed by atoms with E-state index in [0.717, 1.165) is 4.88 Å². The molecule has 3 aromatic heterocycles. The van der Waals surface area contributed by atoms with E-state index in [1.165, 1.54) is 39.3 Å². The number of aromatic nitrogens is 2. The summed E-state index contributed by atoms with van der Waals surface area (Å²) < 4.78 is 14.5. The van der Waals surface area contributed by atoms with Crippen molar-refractivity contribution >= 4 is 44.7 Å². The molecule has 1 aromatic carbocycles. The average Bonchev–Trinajstić information content (AvgIpc) is 3.49. The number of hydrogen-bond acceptors (Lipinski definition) is 6. The molecule has 0 saturated heterocycles. The molecule has 10 heteroatoms. The van der Waals surface area contributed by atoms with E-state index < -0.39 is 0 Å². The molecule has 33 heavy (non-hydrogen) atoms. The standard InChI is InChI=1S/C23H21FN4O3S2/c1-2-27(11-19(29)25-10-17-4-3-9-32-17)20(30)12-28-14-26-22-21(23(28)31)18(13-33-22)15-5-7-16(24)8-6-15/h3-9,13-14H,2,10-12H2,1H3,(H,25,29). The summed E-state index contributed by atoms with van der Waals surface area (Å²) in [4.78, 5) is 45.6.